The molecule has 0 unspecified atom stereocenters. The molecule has 1 amide bonds. The van der Waals surface area contributed by atoms with Crippen molar-refractivity contribution in [3.63, 3.8) is 0 Å². The van der Waals surface area contributed by atoms with E-state index in [0.717, 1.165) is 0 Å². The number of aromatic nitrogens is 2. The average molecular weight is 275 g/mol. The normalized spacial score (nSPS) is 10.5. The second-order valence-corrected chi connectivity index (χ2v) is 4.48. The van der Waals surface area contributed by atoms with Crippen molar-refractivity contribution in [1.82, 2.24) is 15.3 Å². The molecule has 2 rings (SSSR count). The number of nitrogens with zero attached hydrogens (tertiary/aromatic N) is 2. The van der Waals surface area contributed by atoms with Gasteiger partial charge >= 0.3 is 0 Å². The first-order chi connectivity index (χ1) is 9.51. The van der Waals surface area contributed by atoms with Crippen LogP contribution in [0.4, 0.5) is 11.6 Å². The van der Waals surface area contributed by atoms with Crippen molar-refractivity contribution in [2.75, 3.05) is 30.8 Å². The average Bonchev–Trinajstić information content (AvgIpc) is 2.39. The lowest BCUT2D eigenvalue weighted by Gasteiger charge is -2.17. The Balaban J connectivity index is 2.34. The number of carbonyl (C=O) groups excluding carboxylic acids is 1. The highest BCUT2D eigenvalue weighted by Crippen LogP contribution is 2.13. The predicted octanol–water partition coefficient (Wildman–Crippen LogP) is 0.0776. The molecule has 0 bridgehead atoms. The summed E-state index contributed by atoms with van der Waals surface area (Å²) in [6, 6.07) is 4.94. The summed E-state index contributed by atoms with van der Waals surface area (Å²) >= 11 is 0. The maximum atomic E-state index is 12.0. The smallest absolute Gasteiger partial charge is 0.260 e. The van der Waals surface area contributed by atoms with E-state index in [-0.39, 0.29) is 18.0 Å². The number of anilines is 2. The monoisotopic (exact) mass is 275 g/mol. The summed E-state index contributed by atoms with van der Waals surface area (Å²) < 4.78 is 0. The second-order valence-electron chi connectivity index (χ2n) is 4.48. The zero-order chi connectivity index (χ0) is 14.7. The highest BCUT2D eigenvalue weighted by Gasteiger charge is 2.11. The van der Waals surface area contributed by atoms with E-state index in [9.17, 15) is 9.59 Å². The summed E-state index contributed by atoms with van der Waals surface area (Å²) in [5.41, 5.74) is 6.42. The third-order valence-electron chi connectivity index (χ3n) is 2.83. The maximum absolute atomic E-state index is 12.0. The fourth-order valence-corrected chi connectivity index (χ4v) is 1.87. The van der Waals surface area contributed by atoms with E-state index in [0.29, 0.717) is 29.1 Å². The summed E-state index contributed by atoms with van der Waals surface area (Å²) in [5, 5.41) is 3.12. The molecule has 4 N–H and O–H groups in total. The van der Waals surface area contributed by atoms with Gasteiger partial charge in [0, 0.05) is 19.3 Å². The van der Waals surface area contributed by atoms with Crippen LogP contribution in [0.25, 0.3) is 10.9 Å². The van der Waals surface area contributed by atoms with Crippen LogP contribution < -0.4 is 21.5 Å². The molecule has 0 saturated heterocycles. The maximum Gasteiger partial charge on any atom is 0.260 e. The molecule has 0 spiro atoms. The molecule has 7 nitrogen and oxygen atoms in total. The minimum atomic E-state index is -0.278. The van der Waals surface area contributed by atoms with E-state index < -0.39 is 0 Å². The quantitative estimate of drug-likeness (QED) is 0.685. The predicted molar refractivity (Wildman–Crippen MR) is 78.7 cm³/mol. The molecule has 0 radical (unpaired) electrons. The molecule has 1 aromatic heterocycles. The molecular weight excluding hydrogens is 258 g/mol. The SMILES string of the molecule is CCNC(=O)CN(C)c1nc2ccc(N)cc2c(=O)[nH]1. The van der Waals surface area contributed by atoms with Gasteiger partial charge < -0.3 is 16.0 Å². The number of aromatic amines is 1. The first-order valence-electron chi connectivity index (χ1n) is 6.28. The number of nitrogen functional groups attached to an aromatic ring is 1. The number of amides is 1. The highest BCUT2D eigenvalue weighted by molar-refractivity contribution is 5.83. The van der Waals surface area contributed by atoms with Crippen LogP contribution in [0.5, 0.6) is 0 Å². The van der Waals surface area contributed by atoms with E-state index in [4.69, 9.17) is 5.73 Å². The number of likely N-dealkylation sites (N-methyl/N-ethyl adjacent to an activating group) is 2. The number of hydrogen-bond acceptors (Lipinski definition) is 5. The van der Waals surface area contributed by atoms with Crippen LogP contribution in [-0.2, 0) is 4.79 Å². The van der Waals surface area contributed by atoms with Crippen LogP contribution in [0.3, 0.4) is 0 Å². The van der Waals surface area contributed by atoms with E-state index in [1.54, 1.807) is 30.1 Å². The van der Waals surface area contributed by atoms with Gasteiger partial charge in [0.05, 0.1) is 17.4 Å². The van der Waals surface area contributed by atoms with Gasteiger partial charge in [-0.1, -0.05) is 0 Å². The molecular formula is C13H17N5O2. The van der Waals surface area contributed by atoms with Gasteiger partial charge in [0.15, 0.2) is 0 Å². The van der Waals surface area contributed by atoms with Crippen LogP contribution in [0.15, 0.2) is 23.0 Å². The van der Waals surface area contributed by atoms with Gasteiger partial charge in [0.1, 0.15) is 0 Å². The zero-order valence-corrected chi connectivity index (χ0v) is 11.4. The lowest BCUT2D eigenvalue weighted by Crippen LogP contribution is -2.36. The van der Waals surface area contributed by atoms with Crippen molar-refractivity contribution in [2.24, 2.45) is 0 Å². The molecule has 1 heterocycles. The minimum Gasteiger partial charge on any atom is -0.399 e. The van der Waals surface area contributed by atoms with Crippen molar-refractivity contribution < 1.29 is 4.79 Å². The lowest BCUT2D eigenvalue weighted by atomic mass is 10.2. The standard InChI is InChI=1S/C13H17N5O2/c1-3-15-11(19)7-18(2)13-16-10-5-4-8(14)6-9(10)12(20)17-13/h4-6H,3,7,14H2,1-2H3,(H,15,19)(H,16,17,20). The fraction of sp³-hybridized carbons (Fsp3) is 0.308. The molecule has 0 saturated carbocycles. The Morgan fingerprint density at radius 3 is 2.95 bits per heavy atom. The molecule has 0 aliphatic rings. The Kier molecular flexibility index (Phi) is 3.88. The van der Waals surface area contributed by atoms with Gasteiger partial charge in [0.2, 0.25) is 11.9 Å². The van der Waals surface area contributed by atoms with Crippen molar-refractivity contribution in [2.45, 2.75) is 6.92 Å². The number of benzene rings is 1. The Hall–Kier alpha value is -2.57. The number of nitrogens with two attached hydrogens (primary N) is 1. The van der Waals surface area contributed by atoms with Gasteiger partial charge in [-0.15, -0.1) is 0 Å². The lowest BCUT2D eigenvalue weighted by molar-refractivity contribution is -0.119. The van der Waals surface area contributed by atoms with Gasteiger partial charge in [-0.25, -0.2) is 4.98 Å². The first kappa shape index (κ1) is 13.9. The topological polar surface area (TPSA) is 104 Å². The summed E-state index contributed by atoms with van der Waals surface area (Å²) in [6.07, 6.45) is 0. The van der Waals surface area contributed by atoms with Gasteiger partial charge in [-0.05, 0) is 25.1 Å². The Morgan fingerprint density at radius 2 is 2.25 bits per heavy atom. The molecule has 0 atom stereocenters. The van der Waals surface area contributed by atoms with Crippen molar-refractivity contribution in [1.29, 1.82) is 0 Å². The fourth-order valence-electron chi connectivity index (χ4n) is 1.87. The van der Waals surface area contributed by atoms with Crippen molar-refractivity contribution >= 4 is 28.4 Å². The molecule has 0 aliphatic heterocycles. The number of nitrogens with one attached hydrogen (secondary N) is 2. The second kappa shape index (κ2) is 5.60. The third kappa shape index (κ3) is 2.87. The van der Waals surface area contributed by atoms with Crippen molar-refractivity contribution in [3.05, 3.63) is 28.6 Å². The van der Waals surface area contributed by atoms with Gasteiger partial charge in [0.25, 0.3) is 5.56 Å². The Bertz CT molecular complexity index is 695. The van der Waals surface area contributed by atoms with E-state index >= 15 is 0 Å². The van der Waals surface area contributed by atoms with Crippen molar-refractivity contribution in [3.8, 4) is 0 Å². The molecule has 2 aromatic rings. The van der Waals surface area contributed by atoms with Crippen LogP contribution in [0.1, 0.15) is 6.92 Å². The molecule has 0 aliphatic carbocycles. The van der Waals surface area contributed by atoms with E-state index in [1.807, 2.05) is 6.92 Å². The molecule has 7 heteroatoms. The van der Waals surface area contributed by atoms with Gasteiger partial charge in [-0.3, -0.25) is 14.6 Å². The summed E-state index contributed by atoms with van der Waals surface area (Å²) in [6.45, 7) is 2.53. The Labute approximate surface area is 115 Å². The first-order valence-corrected chi connectivity index (χ1v) is 6.28. The third-order valence-corrected chi connectivity index (χ3v) is 2.83. The van der Waals surface area contributed by atoms with Gasteiger partial charge in [-0.2, -0.15) is 0 Å². The number of H-pyrrole nitrogens is 1. The van der Waals surface area contributed by atoms with E-state index in [1.165, 1.54) is 0 Å². The minimum absolute atomic E-state index is 0.122. The van der Waals surface area contributed by atoms with Crippen LogP contribution in [0.2, 0.25) is 0 Å². The highest BCUT2D eigenvalue weighted by atomic mass is 16.2. The van der Waals surface area contributed by atoms with Crippen LogP contribution in [-0.4, -0.2) is 36.0 Å². The number of hydrogen-bond donors (Lipinski definition) is 3. The molecule has 106 valence electrons. The summed E-state index contributed by atoms with van der Waals surface area (Å²) in [7, 11) is 1.69. The molecule has 1 aromatic carbocycles. The van der Waals surface area contributed by atoms with Crippen LogP contribution >= 0.6 is 0 Å². The molecule has 20 heavy (non-hydrogen) atoms. The number of rotatable bonds is 4. The summed E-state index contributed by atoms with van der Waals surface area (Å²) in [5.74, 6) is 0.216. The number of fused-ring (bicyclic) bond motifs is 1. The zero-order valence-electron chi connectivity index (χ0n) is 11.4. The van der Waals surface area contributed by atoms with Crippen LogP contribution in [0, 0.1) is 0 Å². The summed E-state index contributed by atoms with van der Waals surface area (Å²) in [4.78, 5) is 32.1. The number of carbonyl (C=O) groups is 1. The Morgan fingerprint density at radius 1 is 1.50 bits per heavy atom. The molecule has 0 fully saturated rings. The largest absolute Gasteiger partial charge is 0.399 e. The van der Waals surface area contributed by atoms with E-state index in [2.05, 4.69) is 15.3 Å².